The molecule has 0 radical (unpaired) electrons. The van der Waals surface area contributed by atoms with Crippen LogP contribution >= 0.6 is 0 Å². The molecule has 2 rings (SSSR count). The minimum atomic E-state index is -0.979. The molecule has 1 aromatic rings. The minimum Gasteiger partial charge on any atom is -0.478 e. The first kappa shape index (κ1) is 12.4. The van der Waals surface area contributed by atoms with Crippen molar-refractivity contribution in [2.75, 3.05) is 18.0 Å². The number of piperazine rings is 1. The summed E-state index contributed by atoms with van der Waals surface area (Å²) in [7, 11) is 0. The third-order valence-electron chi connectivity index (χ3n) is 3.28. The Kier molecular flexibility index (Phi) is 2.98. The molecule has 1 saturated heterocycles. The standard InChI is InChI=1S/C13H16N2O3/c1-13(2)12(18)14-7-8-15(13)10-6-4-3-5-9(10)11(16)17/h3-6H,7-8H2,1-2H3,(H,14,18)(H,16,17). The van der Waals surface area contributed by atoms with Crippen molar-refractivity contribution in [3.8, 4) is 0 Å². The molecule has 18 heavy (non-hydrogen) atoms. The first-order chi connectivity index (χ1) is 8.44. The molecule has 1 fully saturated rings. The van der Waals surface area contributed by atoms with Crippen LogP contribution in [0.4, 0.5) is 5.69 Å². The normalized spacial score (nSPS) is 18.3. The molecule has 1 aromatic carbocycles. The van der Waals surface area contributed by atoms with Crippen LogP contribution in [0, 0.1) is 0 Å². The van der Waals surface area contributed by atoms with Crippen LogP contribution in [-0.2, 0) is 4.79 Å². The summed E-state index contributed by atoms with van der Waals surface area (Å²) < 4.78 is 0. The Bertz CT molecular complexity index is 497. The van der Waals surface area contributed by atoms with Gasteiger partial charge in [0.2, 0.25) is 5.91 Å². The van der Waals surface area contributed by atoms with Crippen LogP contribution in [0.2, 0.25) is 0 Å². The number of nitrogens with zero attached hydrogens (tertiary/aromatic N) is 1. The molecule has 0 spiro atoms. The largest absolute Gasteiger partial charge is 0.478 e. The lowest BCUT2D eigenvalue weighted by Crippen LogP contribution is -2.62. The lowest BCUT2D eigenvalue weighted by atomic mass is 9.96. The van der Waals surface area contributed by atoms with E-state index in [9.17, 15) is 14.7 Å². The Morgan fingerprint density at radius 3 is 2.72 bits per heavy atom. The zero-order valence-corrected chi connectivity index (χ0v) is 10.4. The Morgan fingerprint density at radius 1 is 1.39 bits per heavy atom. The molecular weight excluding hydrogens is 232 g/mol. The summed E-state index contributed by atoms with van der Waals surface area (Å²) in [5.41, 5.74) is 0.0641. The van der Waals surface area contributed by atoms with Crippen molar-refractivity contribution in [1.82, 2.24) is 5.32 Å². The highest BCUT2D eigenvalue weighted by atomic mass is 16.4. The van der Waals surface area contributed by atoms with E-state index in [1.54, 1.807) is 38.1 Å². The SMILES string of the molecule is CC1(C)C(=O)NCCN1c1ccccc1C(=O)O. The summed E-state index contributed by atoms with van der Waals surface area (Å²) in [5.74, 6) is -1.07. The van der Waals surface area contributed by atoms with Crippen molar-refractivity contribution < 1.29 is 14.7 Å². The number of hydrogen-bond donors (Lipinski definition) is 2. The molecule has 0 bridgehead atoms. The second kappa shape index (κ2) is 4.33. The van der Waals surface area contributed by atoms with Crippen molar-refractivity contribution >= 4 is 17.6 Å². The highest BCUT2D eigenvalue weighted by Gasteiger charge is 2.38. The minimum absolute atomic E-state index is 0.0889. The number of nitrogens with one attached hydrogen (secondary N) is 1. The molecule has 5 nitrogen and oxygen atoms in total. The molecule has 0 unspecified atom stereocenters. The number of carbonyl (C=O) groups is 2. The van der Waals surface area contributed by atoms with E-state index in [0.717, 1.165) is 0 Å². The van der Waals surface area contributed by atoms with Crippen molar-refractivity contribution in [1.29, 1.82) is 0 Å². The molecule has 2 N–H and O–H groups in total. The number of rotatable bonds is 2. The first-order valence-corrected chi connectivity index (χ1v) is 5.83. The van der Waals surface area contributed by atoms with Crippen molar-refractivity contribution in [3.05, 3.63) is 29.8 Å². The summed E-state index contributed by atoms with van der Waals surface area (Å²) in [6.45, 7) is 4.71. The highest BCUT2D eigenvalue weighted by molar-refractivity contribution is 5.97. The predicted octanol–water partition coefficient (Wildman–Crippen LogP) is 1.10. The van der Waals surface area contributed by atoms with Gasteiger partial charge in [0.15, 0.2) is 0 Å². The second-order valence-electron chi connectivity index (χ2n) is 4.79. The van der Waals surface area contributed by atoms with Gasteiger partial charge in [0.1, 0.15) is 5.54 Å². The lowest BCUT2D eigenvalue weighted by Gasteiger charge is -2.43. The number of carboxylic acids is 1. The van der Waals surface area contributed by atoms with Gasteiger partial charge in [0.05, 0.1) is 11.3 Å². The van der Waals surface area contributed by atoms with E-state index in [2.05, 4.69) is 5.32 Å². The predicted molar refractivity (Wildman–Crippen MR) is 67.8 cm³/mol. The van der Waals surface area contributed by atoms with Crippen LogP contribution in [0.5, 0.6) is 0 Å². The zero-order chi connectivity index (χ0) is 13.3. The van der Waals surface area contributed by atoms with E-state index >= 15 is 0 Å². The van der Waals surface area contributed by atoms with Crippen LogP contribution in [0.15, 0.2) is 24.3 Å². The van der Waals surface area contributed by atoms with Crippen LogP contribution < -0.4 is 10.2 Å². The number of aromatic carboxylic acids is 1. The molecule has 0 atom stereocenters. The van der Waals surface area contributed by atoms with Gasteiger partial charge in [-0.25, -0.2) is 4.79 Å². The molecule has 1 aliphatic heterocycles. The van der Waals surface area contributed by atoms with E-state index in [0.29, 0.717) is 18.8 Å². The number of amides is 1. The number of para-hydroxylation sites is 1. The van der Waals surface area contributed by atoms with Gasteiger partial charge in [-0.05, 0) is 26.0 Å². The summed E-state index contributed by atoms with van der Waals surface area (Å²) in [6.07, 6.45) is 0. The number of carbonyl (C=O) groups excluding carboxylic acids is 1. The molecule has 1 heterocycles. The zero-order valence-electron chi connectivity index (χ0n) is 10.4. The highest BCUT2D eigenvalue weighted by Crippen LogP contribution is 2.29. The van der Waals surface area contributed by atoms with Gasteiger partial charge in [0.25, 0.3) is 0 Å². The lowest BCUT2D eigenvalue weighted by molar-refractivity contribution is -0.126. The third kappa shape index (κ3) is 1.92. The summed E-state index contributed by atoms with van der Waals surface area (Å²) in [6, 6.07) is 6.76. The van der Waals surface area contributed by atoms with E-state index in [1.807, 2.05) is 4.90 Å². The Morgan fingerprint density at radius 2 is 2.06 bits per heavy atom. The Labute approximate surface area is 105 Å². The molecule has 0 aliphatic carbocycles. The summed E-state index contributed by atoms with van der Waals surface area (Å²) >= 11 is 0. The average Bonchev–Trinajstić information content (AvgIpc) is 2.32. The summed E-state index contributed by atoms with van der Waals surface area (Å²) in [4.78, 5) is 25.0. The first-order valence-electron chi connectivity index (χ1n) is 5.83. The molecule has 1 aliphatic rings. The quantitative estimate of drug-likeness (QED) is 0.822. The maximum atomic E-state index is 11.9. The van der Waals surface area contributed by atoms with Gasteiger partial charge in [-0.3, -0.25) is 4.79 Å². The van der Waals surface area contributed by atoms with E-state index in [4.69, 9.17) is 0 Å². The number of anilines is 1. The van der Waals surface area contributed by atoms with E-state index < -0.39 is 11.5 Å². The monoisotopic (exact) mass is 248 g/mol. The fourth-order valence-electron chi connectivity index (χ4n) is 2.21. The van der Waals surface area contributed by atoms with Gasteiger partial charge in [-0.1, -0.05) is 12.1 Å². The van der Waals surface area contributed by atoms with Gasteiger partial charge in [-0.2, -0.15) is 0 Å². The number of hydrogen-bond acceptors (Lipinski definition) is 3. The Balaban J connectivity index is 2.48. The second-order valence-corrected chi connectivity index (χ2v) is 4.79. The average molecular weight is 248 g/mol. The van der Waals surface area contributed by atoms with Crippen molar-refractivity contribution in [2.24, 2.45) is 0 Å². The van der Waals surface area contributed by atoms with Gasteiger partial charge in [-0.15, -0.1) is 0 Å². The van der Waals surface area contributed by atoms with Crippen molar-refractivity contribution in [2.45, 2.75) is 19.4 Å². The molecule has 5 heteroatoms. The summed E-state index contributed by atoms with van der Waals surface area (Å²) in [5, 5.41) is 12.0. The molecule has 1 amide bonds. The topological polar surface area (TPSA) is 69.6 Å². The van der Waals surface area contributed by atoms with Gasteiger partial charge in [0, 0.05) is 13.1 Å². The van der Waals surface area contributed by atoms with Crippen LogP contribution in [0.1, 0.15) is 24.2 Å². The van der Waals surface area contributed by atoms with E-state index in [1.165, 1.54) is 0 Å². The van der Waals surface area contributed by atoms with E-state index in [-0.39, 0.29) is 11.5 Å². The maximum Gasteiger partial charge on any atom is 0.337 e. The third-order valence-corrected chi connectivity index (χ3v) is 3.28. The fraction of sp³-hybridized carbons (Fsp3) is 0.385. The fourth-order valence-corrected chi connectivity index (χ4v) is 2.21. The molecule has 0 aromatic heterocycles. The number of carboxylic acid groups (broad SMARTS) is 1. The molecule has 0 saturated carbocycles. The van der Waals surface area contributed by atoms with Crippen molar-refractivity contribution in [3.63, 3.8) is 0 Å². The van der Waals surface area contributed by atoms with Crippen LogP contribution in [-0.4, -0.2) is 35.6 Å². The smallest absolute Gasteiger partial charge is 0.337 e. The van der Waals surface area contributed by atoms with Gasteiger partial charge < -0.3 is 15.3 Å². The van der Waals surface area contributed by atoms with Gasteiger partial charge >= 0.3 is 5.97 Å². The Hall–Kier alpha value is -2.04. The number of benzene rings is 1. The van der Waals surface area contributed by atoms with Crippen LogP contribution in [0.3, 0.4) is 0 Å². The molecular formula is C13H16N2O3. The maximum absolute atomic E-state index is 11.9. The van der Waals surface area contributed by atoms with Crippen LogP contribution in [0.25, 0.3) is 0 Å². The molecule has 96 valence electrons.